The number of sulfonamides is 1. The Bertz CT molecular complexity index is 2610. The number of thiazole rings is 1. The number of nitrogens with zero attached hydrogens (tertiary/aromatic N) is 3. The number of allylic oxidation sites excluding steroid dienone is 1. The van der Waals surface area contributed by atoms with E-state index in [1.807, 2.05) is 30.5 Å². The number of anilines is 1. The van der Waals surface area contributed by atoms with Gasteiger partial charge in [-0.1, -0.05) is 44.9 Å². The van der Waals surface area contributed by atoms with Gasteiger partial charge in [-0.3, -0.25) is 19.1 Å². The van der Waals surface area contributed by atoms with Crippen LogP contribution >= 0.6 is 11.3 Å². The van der Waals surface area contributed by atoms with Gasteiger partial charge in [0.05, 0.1) is 35.2 Å². The minimum atomic E-state index is -4.62. The van der Waals surface area contributed by atoms with Crippen molar-refractivity contribution in [3.63, 3.8) is 0 Å². The Labute approximate surface area is 374 Å². The van der Waals surface area contributed by atoms with Gasteiger partial charge in [-0.05, 0) is 88.6 Å². The molecule has 0 spiro atoms. The minimum absolute atomic E-state index is 0.0224. The van der Waals surface area contributed by atoms with Crippen LogP contribution in [0.25, 0.3) is 21.6 Å². The predicted molar refractivity (Wildman–Crippen MR) is 238 cm³/mol. The highest BCUT2D eigenvalue weighted by Crippen LogP contribution is 2.48. The molecular formula is C46H53F3N6O7S2. The zero-order valence-electron chi connectivity index (χ0n) is 36.4. The third-order valence-corrected chi connectivity index (χ3v) is 16.0. The Morgan fingerprint density at radius 2 is 1.84 bits per heavy atom. The van der Waals surface area contributed by atoms with E-state index in [1.54, 1.807) is 26.2 Å². The number of carbonyl (C=O) groups is 3. The summed E-state index contributed by atoms with van der Waals surface area (Å²) < 4.78 is 81.6. The van der Waals surface area contributed by atoms with Crippen molar-refractivity contribution in [3.05, 3.63) is 76.8 Å². The van der Waals surface area contributed by atoms with E-state index in [1.165, 1.54) is 28.4 Å². The van der Waals surface area contributed by atoms with Gasteiger partial charge >= 0.3 is 6.18 Å². The summed E-state index contributed by atoms with van der Waals surface area (Å²) in [6.07, 6.45) is 2.13. The van der Waals surface area contributed by atoms with Crippen LogP contribution in [-0.2, 0) is 30.6 Å². The molecule has 2 aromatic heterocycles. The second-order valence-corrected chi connectivity index (χ2v) is 21.1. The number of hydrogen-bond acceptors (Lipinski definition) is 11. The van der Waals surface area contributed by atoms with E-state index in [4.69, 9.17) is 19.4 Å². The number of aryl methyl sites for hydroxylation is 1. The number of aromatic nitrogens is 2. The first-order valence-electron chi connectivity index (χ1n) is 21.7. The van der Waals surface area contributed by atoms with Crippen LogP contribution in [-0.4, -0.2) is 83.1 Å². The van der Waals surface area contributed by atoms with Crippen LogP contribution in [0.15, 0.2) is 60.0 Å². The minimum Gasteiger partial charge on any atom is -0.496 e. The number of alkyl halides is 3. The van der Waals surface area contributed by atoms with Gasteiger partial charge in [-0.15, -0.1) is 11.3 Å². The van der Waals surface area contributed by atoms with E-state index >= 15 is 0 Å². The molecule has 13 nitrogen and oxygen atoms in total. The number of benzene rings is 2. The van der Waals surface area contributed by atoms with E-state index in [0.29, 0.717) is 65.2 Å². The topological polar surface area (TPSA) is 169 Å². The zero-order valence-corrected chi connectivity index (χ0v) is 38.0. The van der Waals surface area contributed by atoms with Gasteiger partial charge in [-0.25, -0.2) is 18.4 Å². The van der Waals surface area contributed by atoms with Crippen molar-refractivity contribution in [2.75, 3.05) is 19.0 Å². The number of hydrogen-bond donors (Lipinski definition) is 3. The Morgan fingerprint density at radius 1 is 1.06 bits per heavy atom. The highest BCUT2D eigenvalue weighted by atomic mass is 32.2. The number of ether oxygens (including phenoxy) is 2. The fourth-order valence-corrected chi connectivity index (χ4v) is 10.8. The predicted octanol–water partition coefficient (Wildman–Crippen LogP) is 8.04. The molecule has 64 heavy (non-hydrogen) atoms. The zero-order chi connectivity index (χ0) is 45.8. The van der Waals surface area contributed by atoms with Crippen LogP contribution in [0.1, 0.15) is 101 Å². The summed E-state index contributed by atoms with van der Waals surface area (Å²) in [4.78, 5) is 54.9. The van der Waals surface area contributed by atoms with Crippen molar-refractivity contribution in [1.82, 2.24) is 24.9 Å². The molecule has 0 radical (unpaired) electrons. The van der Waals surface area contributed by atoms with E-state index in [9.17, 15) is 36.0 Å². The Morgan fingerprint density at radius 3 is 2.55 bits per heavy atom. The first kappa shape index (κ1) is 45.3. The average molecular weight is 923 g/mol. The fraction of sp³-hybridized carbons (Fsp3) is 0.500. The lowest BCUT2D eigenvalue weighted by Crippen LogP contribution is -2.58. The van der Waals surface area contributed by atoms with Crippen LogP contribution < -0.4 is 24.8 Å². The normalized spacial score (nSPS) is 25.4. The molecule has 1 saturated heterocycles. The molecule has 8 rings (SSSR count). The number of fused-ring (bicyclic) bond motifs is 3. The van der Waals surface area contributed by atoms with Crippen LogP contribution in [0.2, 0.25) is 0 Å². The Kier molecular flexibility index (Phi) is 12.2. The van der Waals surface area contributed by atoms with Gasteiger partial charge in [0.2, 0.25) is 21.8 Å². The third-order valence-electron chi connectivity index (χ3n) is 13.0. The summed E-state index contributed by atoms with van der Waals surface area (Å²) in [5.74, 6) is -1.33. The average Bonchev–Trinajstić information content (AvgIpc) is 4.02. The first-order valence-corrected chi connectivity index (χ1v) is 24.1. The molecule has 0 bridgehead atoms. The number of nitrogens with one attached hydrogen (secondary N) is 3. The summed E-state index contributed by atoms with van der Waals surface area (Å²) >= 11 is 1.45. The maximum atomic E-state index is 14.9. The Hall–Kier alpha value is -5.23. The standard InChI is InChI=1S/C46H53F3N6O7S2/c1-26(2)35-25-63-41(52-35)34-22-38(32-16-17-37(61-5)27(3)39(32)51-34)62-31-21-36-40(56)53-45(43(58)54-64(59,60)44(4)18-19-44)23-29(45)12-9-7-6-8-10-15-33(42(57)55(36)24-31)50-30-14-11-13-28(20-30)46(47,48)49/h9,11-14,16-17,20,22,25-26,29,31,33,36,50H,6-8,10,15,18-19,21,23-24H2,1-5H3,(H,53,56)(H,54,58)/b12-9-/t29-,31+,33-,36-,45+/m0/s1. The molecule has 342 valence electrons. The number of carbonyl (C=O) groups excluding carboxylic acids is 3. The molecule has 2 aliphatic carbocycles. The third kappa shape index (κ3) is 9.04. The van der Waals surface area contributed by atoms with Crippen molar-refractivity contribution in [3.8, 4) is 22.2 Å². The maximum absolute atomic E-state index is 14.9. The second-order valence-electron chi connectivity index (χ2n) is 18.0. The number of pyridine rings is 1. The first-order chi connectivity index (χ1) is 30.3. The molecule has 4 heterocycles. The molecule has 5 atom stereocenters. The molecule has 4 aliphatic rings. The van der Waals surface area contributed by atoms with Gasteiger partial charge in [0, 0.05) is 40.4 Å². The number of methoxy groups -OCH3 is 1. The van der Waals surface area contributed by atoms with Gasteiger partial charge in [0.15, 0.2) is 0 Å². The molecule has 3 amide bonds. The van der Waals surface area contributed by atoms with Gasteiger partial charge < -0.3 is 25.0 Å². The fourth-order valence-electron chi connectivity index (χ4n) is 8.59. The molecule has 3 fully saturated rings. The molecule has 2 saturated carbocycles. The Balaban J connectivity index is 1.16. The van der Waals surface area contributed by atoms with Crippen LogP contribution in [0.3, 0.4) is 0 Å². The summed E-state index contributed by atoms with van der Waals surface area (Å²) in [5.41, 5.74) is 0.451. The smallest absolute Gasteiger partial charge is 0.416 e. The van der Waals surface area contributed by atoms with Crippen molar-refractivity contribution in [2.45, 2.75) is 126 Å². The van der Waals surface area contributed by atoms with Crippen LogP contribution in [0.5, 0.6) is 11.5 Å². The molecule has 4 aromatic rings. The van der Waals surface area contributed by atoms with Crippen molar-refractivity contribution in [1.29, 1.82) is 0 Å². The van der Waals surface area contributed by atoms with Crippen molar-refractivity contribution in [2.24, 2.45) is 5.92 Å². The lowest BCUT2D eigenvalue weighted by molar-refractivity contribution is -0.140. The molecule has 18 heteroatoms. The lowest BCUT2D eigenvalue weighted by Gasteiger charge is -2.30. The number of halogens is 3. The summed E-state index contributed by atoms with van der Waals surface area (Å²) in [6, 6.07) is 7.82. The van der Waals surface area contributed by atoms with Gasteiger partial charge in [0.1, 0.15) is 45.9 Å². The van der Waals surface area contributed by atoms with Crippen molar-refractivity contribution >= 4 is 55.7 Å². The highest BCUT2D eigenvalue weighted by molar-refractivity contribution is 7.91. The molecule has 2 aliphatic heterocycles. The van der Waals surface area contributed by atoms with Gasteiger partial charge in [-0.2, -0.15) is 13.2 Å². The SMILES string of the molecule is COc1ccc2c(O[C@@H]3C[C@H]4C(=O)N[C@]5(C(=O)NS(=O)(=O)C6(C)CC6)C[C@@H]5/C=C\CCCCC[C@H](Nc5cccc(C(F)(F)F)c5)C(=O)N4C3)cc(-c3nc(C(C)C)cs3)nc2c1C. The molecule has 2 aromatic carbocycles. The molecule has 3 N–H and O–H groups in total. The number of rotatable bonds is 10. The van der Waals surface area contributed by atoms with E-state index in [2.05, 4.69) is 29.2 Å². The second kappa shape index (κ2) is 17.3. The van der Waals surface area contributed by atoms with Crippen LogP contribution in [0, 0.1) is 12.8 Å². The number of amides is 3. The van der Waals surface area contributed by atoms with E-state index < -0.39 is 73.9 Å². The summed E-state index contributed by atoms with van der Waals surface area (Å²) in [6.45, 7) is 7.47. The molecule has 0 unspecified atom stereocenters. The quantitative estimate of drug-likeness (QED) is 0.132. The highest BCUT2D eigenvalue weighted by Gasteiger charge is 2.63. The van der Waals surface area contributed by atoms with Crippen molar-refractivity contribution < 1.29 is 45.4 Å². The monoisotopic (exact) mass is 922 g/mol. The largest absolute Gasteiger partial charge is 0.496 e. The van der Waals surface area contributed by atoms with Crippen LogP contribution in [0.4, 0.5) is 18.9 Å². The van der Waals surface area contributed by atoms with E-state index in [-0.39, 0.29) is 37.4 Å². The summed E-state index contributed by atoms with van der Waals surface area (Å²) in [5, 5.41) is 9.26. The van der Waals surface area contributed by atoms with E-state index in [0.717, 1.165) is 29.8 Å². The molecular weight excluding hydrogens is 870 g/mol. The van der Waals surface area contributed by atoms with Gasteiger partial charge in [0.25, 0.3) is 5.91 Å². The maximum Gasteiger partial charge on any atom is 0.416 e. The summed E-state index contributed by atoms with van der Waals surface area (Å²) in [7, 11) is -2.48. The lowest BCUT2D eigenvalue weighted by atomic mass is 10.0.